The van der Waals surface area contributed by atoms with Crippen LogP contribution in [0.2, 0.25) is 0 Å². The summed E-state index contributed by atoms with van der Waals surface area (Å²) in [5, 5.41) is 27.1. The second kappa shape index (κ2) is 19.5. The average Bonchev–Trinajstić information content (AvgIpc) is 1.88. The van der Waals surface area contributed by atoms with E-state index in [2.05, 4.69) is 95.5 Å². The number of allylic oxidation sites excluding steroid dienone is 1. The number of hydrogen-bond donors (Lipinski definition) is 3. The van der Waals surface area contributed by atoms with Gasteiger partial charge in [0, 0.05) is 73.2 Å². The normalized spacial score (nSPS) is 39.2. The lowest BCUT2D eigenvalue weighted by Crippen LogP contribution is -2.73. The van der Waals surface area contributed by atoms with Gasteiger partial charge in [0.15, 0.2) is 5.78 Å². The molecule has 1 aromatic carbocycles. The van der Waals surface area contributed by atoms with E-state index < -0.39 is 39.5 Å². The first kappa shape index (κ1) is 54.2. The van der Waals surface area contributed by atoms with Crippen LogP contribution in [0.1, 0.15) is 249 Å². The Kier molecular flexibility index (Phi) is 13.6. The number of carbonyl (C=O) groups excluding carboxylic acids is 2. The molecule has 2 aromatic heterocycles. The molecule has 0 amide bonds. The van der Waals surface area contributed by atoms with Gasteiger partial charge in [-0.05, 0) is 188 Å². The number of ether oxygens (including phenoxy) is 2. The average molecular weight is 1070 g/mol. The van der Waals surface area contributed by atoms with Crippen molar-refractivity contribution < 1.29 is 29.3 Å². The van der Waals surface area contributed by atoms with Crippen molar-refractivity contribution in [2.24, 2.45) is 62.1 Å². The number of aliphatic hydroxyl groups excluding tert-OH is 2. The fraction of sp³-hybridized carbons (Fsp3) is 0.771. The molecule has 78 heavy (non-hydrogen) atoms. The zero-order chi connectivity index (χ0) is 54.4. The fourth-order valence-electron chi connectivity index (χ4n) is 22.1. The maximum Gasteiger partial charge on any atom is 0.163 e. The van der Waals surface area contributed by atoms with Gasteiger partial charge in [0.05, 0.1) is 28.8 Å². The number of aryl methyl sites for hydroxylation is 1. The van der Waals surface area contributed by atoms with Gasteiger partial charge in [-0.25, -0.2) is 0 Å². The second-order valence-corrected chi connectivity index (χ2v) is 30.3. The van der Waals surface area contributed by atoms with Gasteiger partial charge in [-0.15, -0.1) is 0 Å². The van der Waals surface area contributed by atoms with Crippen LogP contribution in [0, 0.1) is 62.1 Å². The van der Waals surface area contributed by atoms with Gasteiger partial charge in [-0.3, -0.25) is 9.59 Å². The number of aliphatic hydroxyl groups is 2. The Morgan fingerprint density at radius 3 is 2.17 bits per heavy atom. The lowest BCUT2D eigenvalue weighted by Gasteiger charge is -2.75. The molecule has 12 atom stereocenters. The number of aromatic amines is 1. The minimum absolute atomic E-state index is 0.0990. The lowest BCUT2D eigenvalue weighted by atomic mass is 9.28. The molecule has 0 radical (unpaired) electrons. The molecule has 12 unspecified atom stereocenters. The quantitative estimate of drug-likeness (QED) is 0.123. The van der Waals surface area contributed by atoms with Crippen molar-refractivity contribution >= 4 is 22.6 Å². The van der Waals surface area contributed by atoms with Crippen LogP contribution in [0.15, 0.2) is 41.7 Å². The monoisotopic (exact) mass is 1060 g/mol. The molecular weight excluding hydrogens is 965 g/mol. The van der Waals surface area contributed by atoms with Crippen LogP contribution in [0.3, 0.4) is 0 Å². The van der Waals surface area contributed by atoms with Crippen LogP contribution in [-0.4, -0.2) is 68.5 Å². The SMILES string of the molecule is CCCCCC1C(=O)C2=C3C(Cn4cc(Cc5cc(C6CCCCC6)cc(C6CCOCC6)c5)c5[nH]cc(c54)CCC2(C)CC(O)C2OC2(C)C)C(O)C2C(C)(CCC4C(C)(C5CCCC5)C(=O)CC5(CCCC5)C42C)C31C. The van der Waals surface area contributed by atoms with E-state index in [0.29, 0.717) is 48.7 Å². The lowest BCUT2D eigenvalue weighted by molar-refractivity contribution is -0.270. The third kappa shape index (κ3) is 7.95. The Balaban J connectivity index is 1.00. The second-order valence-electron chi connectivity index (χ2n) is 30.3. The predicted octanol–water partition coefficient (Wildman–Crippen LogP) is 15.2. The molecule has 13 rings (SSSR count). The van der Waals surface area contributed by atoms with E-state index in [-0.39, 0.29) is 40.6 Å². The molecule has 6 saturated carbocycles. The Morgan fingerprint density at radius 1 is 0.808 bits per heavy atom. The standard InChI is InChI=1S/C70H100N2O6/c1-9-10-12-23-52-61(76)57-56-51(60(75)62-66(5,68(52,56)7)31-25-54-67(6,50-21-15-16-22-50)55(74)39-70(69(54,62)8)28-17-18-29-70)42-72-41-49(58-59(72)46(40-71-58)24-30-65(57,4)38-53(73)63-64(2,3)78-63)36-43-34-47(44-19-13-11-14-20-44)37-48(35-43)45-26-32-77-33-27-45/h34-35,37,40-41,44-45,50-54,60,62-63,71,73,75H,9-33,36,38-39,42H2,1-8H3. The van der Waals surface area contributed by atoms with Crippen LogP contribution in [0.25, 0.3) is 11.0 Å². The highest BCUT2D eigenvalue weighted by molar-refractivity contribution is 6.03. The molecule has 0 bridgehead atoms. The molecule has 426 valence electrons. The van der Waals surface area contributed by atoms with Gasteiger partial charge in [0.2, 0.25) is 0 Å². The molecule has 10 aliphatic rings. The smallest absolute Gasteiger partial charge is 0.163 e. The number of H-pyrrole nitrogens is 1. The van der Waals surface area contributed by atoms with Crippen molar-refractivity contribution in [3.05, 3.63) is 69.6 Å². The Morgan fingerprint density at radius 2 is 1.49 bits per heavy atom. The molecule has 8 heteroatoms. The number of rotatable bonds is 12. The number of ketones is 2. The number of carbonyl (C=O) groups is 2. The maximum absolute atomic E-state index is 16.7. The molecule has 1 spiro atoms. The molecule has 8 nitrogen and oxygen atoms in total. The summed E-state index contributed by atoms with van der Waals surface area (Å²) in [5.41, 5.74) is 8.73. The van der Waals surface area contributed by atoms with E-state index in [1.165, 1.54) is 89.4 Å². The van der Waals surface area contributed by atoms with Crippen molar-refractivity contribution in [1.82, 2.24) is 9.55 Å². The zero-order valence-electron chi connectivity index (χ0n) is 49.6. The van der Waals surface area contributed by atoms with E-state index >= 15 is 9.59 Å². The molecule has 3 aliphatic heterocycles. The third-order valence-corrected chi connectivity index (χ3v) is 26.3. The highest BCUT2D eigenvalue weighted by Gasteiger charge is 2.79. The summed E-state index contributed by atoms with van der Waals surface area (Å²) in [4.78, 5) is 36.0. The molecule has 5 heterocycles. The van der Waals surface area contributed by atoms with Crippen molar-refractivity contribution in [3.63, 3.8) is 0 Å². The number of nitrogens with zero attached hydrogens (tertiary/aromatic N) is 1. The van der Waals surface area contributed by atoms with Gasteiger partial charge >= 0.3 is 0 Å². The first-order valence-corrected chi connectivity index (χ1v) is 32.6. The van der Waals surface area contributed by atoms with Crippen molar-refractivity contribution in [3.8, 4) is 0 Å². The first-order valence-electron chi connectivity index (χ1n) is 32.6. The number of epoxide rings is 1. The maximum atomic E-state index is 16.7. The van der Waals surface area contributed by atoms with Crippen LogP contribution >= 0.6 is 0 Å². The summed E-state index contributed by atoms with van der Waals surface area (Å²) in [6, 6.07) is 7.67. The van der Waals surface area contributed by atoms with E-state index in [1.54, 1.807) is 0 Å². The molecular formula is C70H100N2O6. The van der Waals surface area contributed by atoms with Crippen LogP contribution in [0.4, 0.5) is 0 Å². The minimum atomic E-state index is -0.726. The van der Waals surface area contributed by atoms with Gasteiger partial charge in [-0.1, -0.05) is 124 Å². The summed E-state index contributed by atoms with van der Waals surface area (Å²) in [7, 11) is 0. The largest absolute Gasteiger partial charge is 0.392 e. The highest BCUT2D eigenvalue weighted by atomic mass is 16.6. The van der Waals surface area contributed by atoms with Crippen molar-refractivity contribution in [2.45, 2.75) is 265 Å². The third-order valence-electron chi connectivity index (χ3n) is 26.3. The van der Waals surface area contributed by atoms with Crippen LogP contribution < -0.4 is 0 Å². The number of benzene rings is 1. The van der Waals surface area contributed by atoms with E-state index in [1.807, 2.05) is 0 Å². The Labute approximate surface area is 468 Å². The van der Waals surface area contributed by atoms with Gasteiger partial charge in [0.25, 0.3) is 0 Å². The summed E-state index contributed by atoms with van der Waals surface area (Å²) in [6.07, 6.45) is 30.1. The van der Waals surface area contributed by atoms with E-state index in [9.17, 15) is 10.2 Å². The molecule has 2 saturated heterocycles. The van der Waals surface area contributed by atoms with Gasteiger partial charge in [-0.2, -0.15) is 0 Å². The summed E-state index contributed by atoms with van der Waals surface area (Å²) >= 11 is 0. The molecule has 3 N–H and O–H groups in total. The van der Waals surface area contributed by atoms with Crippen molar-refractivity contribution in [1.29, 1.82) is 0 Å². The number of nitrogens with one attached hydrogen (secondary N) is 1. The summed E-state index contributed by atoms with van der Waals surface area (Å²) < 4.78 is 14.7. The number of unbranched alkanes of at least 4 members (excludes halogenated alkanes) is 2. The number of fused-ring (bicyclic) bond motifs is 5. The van der Waals surface area contributed by atoms with Gasteiger partial charge < -0.3 is 29.2 Å². The summed E-state index contributed by atoms with van der Waals surface area (Å²) in [6.45, 7) is 21.2. The predicted molar refractivity (Wildman–Crippen MR) is 310 cm³/mol. The minimum Gasteiger partial charge on any atom is -0.392 e. The fourth-order valence-corrected chi connectivity index (χ4v) is 22.1. The van der Waals surface area contributed by atoms with E-state index in [0.717, 1.165) is 128 Å². The molecule has 3 aromatic rings. The topological polar surface area (TPSA) is 117 Å². The zero-order valence-corrected chi connectivity index (χ0v) is 49.6. The number of Topliss-reactive ketones (excluding diaryl/α,β-unsaturated/α-hetero) is 2. The molecule has 8 fully saturated rings. The summed E-state index contributed by atoms with van der Waals surface area (Å²) in [5.74, 6) is 1.90. The number of aromatic nitrogens is 2. The van der Waals surface area contributed by atoms with E-state index in [4.69, 9.17) is 9.47 Å². The Hall–Kier alpha value is -3.04. The Bertz CT molecular complexity index is 2790. The van der Waals surface area contributed by atoms with Gasteiger partial charge in [0.1, 0.15) is 11.9 Å². The molecule has 7 aliphatic carbocycles. The van der Waals surface area contributed by atoms with Crippen molar-refractivity contribution in [2.75, 3.05) is 13.2 Å². The van der Waals surface area contributed by atoms with Crippen LogP contribution in [-0.2, 0) is 38.4 Å². The first-order chi connectivity index (χ1) is 37.3. The highest BCUT2D eigenvalue weighted by Crippen LogP contribution is 2.82. The number of hydrogen-bond acceptors (Lipinski definition) is 6. The van der Waals surface area contributed by atoms with Crippen LogP contribution in [0.5, 0.6) is 0 Å².